The van der Waals surface area contributed by atoms with Crippen LogP contribution in [0, 0.1) is 0 Å². The summed E-state index contributed by atoms with van der Waals surface area (Å²) in [5, 5.41) is 0. The molecular weight excluding hydrogens is 254 g/mol. The van der Waals surface area contributed by atoms with Gasteiger partial charge in [0.25, 0.3) is 11.8 Å². The molecule has 1 heterocycles. The van der Waals surface area contributed by atoms with Gasteiger partial charge < -0.3 is 4.74 Å². The predicted molar refractivity (Wildman–Crippen MR) is 77.6 cm³/mol. The van der Waals surface area contributed by atoms with Crippen LogP contribution in [0.2, 0.25) is 0 Å². The monoisotopic (exact) mass is 273 g/mol. The van der Waals surface area contributed by atoms with Gasteiger partial charge in [0.1, 0.15) is 0 Å². The third-order valence-corrected chi connectivity index (χ3v) is 3.25. The molecule has 0 aliphatic carbocycles. The van der Waals surface area contributed by atoms with Crippen molar-refractivity contribution in [3.05, 3.63) is 42.0 Å². The van der Waals surface area contributed by atoms with E-state index >= 15 is 0 Å². The van der Waals surface area contributed by atoms with Crippen LogP contribution < -0.4 is 4.90 Å². The minimum Gasteiger partial charge on any atom is -0.381 e. The highest BCUT2D eigenvalue weighted by Crippen LogP contribution is 2.23. The van der Waals surface area contributed by atoms with Gasteiger partial charge in [-0.3, -0.25) is 9.59 Å². The van der Waals surface area contributed by atoms with Crippen LogP contribution in [0.15, 0.2) is 36.4 Å². The van der Waals surface area contributed by atoms with Crippen LogP contribution in [-0.2, 0) is 14.3 Å². The number of anilines is 1. The number of hydrogen-bond acceptors (Lipinski definition) is 3. The van der Waals surface area contributed by atoms with Gasteiger partial charge in [0.15, 0.2) is 0 Å². The van der Waals surface area contributed by atoms with Crippen LogP contribution in [0.5, 0.6) is 0 Å². The lowest BCUT2D eigenvalue weighted by Gasteiger charge is -2.16. The van der Waals surface area contributed by atoms with E-state index in [-0.39, 0.29) is 11.8 Å². The van der Waals surface area contributed by atoms with E-state index in [2.05, 4.69) is 13.8 Å². The zero-order chi connectivity index (χ0) is 14.5. The van der Waals surface area contributed by atoms with E-state index in [1.165, 1.54) is 17.1 Å². The molecule has 0 radical (unpaired) electrons. The highest BCUT2D eigenvalue weighted by Gasteiger charge is 2.24. The van der Waals surface area contributed by atoms with Crippen molar-refractivity contribution >= 4 is 17.5 Å². The van der Waals surface area contributed by atoms with Gasteiger partial charge in [0.2, 0.25) is 0 Å². The van der Waals surface area contributed by atoms with Gasteiger partial charge >= 0.3 is 0 Å². The quantitative estimate of drug-likeness (QED) is 0.591. The molecule has 1 aromatic rings. The third kappa shape index (κ3) is 3.14. The maximum absolute atomic E-state index is 11.6. The van der Waals surface area contributed by atoms with E-state index in [0.29, 0.717) is 18.2 Å². The van der Waals surface area contributed by atoms with Gasteiger partial charge in [0.05, 0.1) is 12.3 Å². The maximum Gasteiger partial charge on any atom is 0.258 e. The summed E-state index contributed by atoms with van der Waals surface area (Å²) < 4.78 is 5.53. The Labute approximate surface area is 119 Å². The van der Waals surface area contributed by atoms with Crippen molar-refractivity contribution in [1.82, 2.24) is 0 Å². The highest BCUT2D eigenvalue weighted by molar-refractivity contribution is 6.28. The maximum atomic E-state index is 11.6. The fourth-order valence-electron chi connectivity index (χ4n) is 2.11. The molecule has 2 rings (SSSR count). The fraction of sp³-hybridized carbons (Fsp3) is 0.375. The Morgan fingerprint density at radius 2 is 1.70 bits per heavy atom. The van der Waals surface area contributed by atoms with E-state index < -0.39 is 0 Å². The summed E-state index contributed by atoms with van der Waals surface area (Å²) in [6.45, 7) is 5.62. The van der Waals surface area contributed by atoms with Gasteiger partial charge in [-0.05, 0) is 24.1 Å². The zero-order valence-electron chi connectivity index (χ0n) is 11.8. The van der Waals surface area contributed by atoms with Crippen molar-refractivity contribution < 1.29 is 14.3 Å². The Kier molecular flexibility index (Phi) is 4.69. The van der Waals surface area contributed by atoms with Crippen LogP contribution in [0.25, 0.3) is 0 Å². The average molecular weight is 273 g/mol. The van der Waals surface area contributed by atoms with Crippen molar-refractivity contribution in [2.75, 3.05) is 18.1 Å². The summed E-state index contributed by atoms with van der Waals surface area (Å²) in [5.41, 5.74) is 1.74. The Balaban J connectivity index is 2.03. The normalized spacial score (nSPS) is 16.0. The number of benzene rings is 1. The molecule has 0 bridgehead atoms. The number of carbonyl (C=O) groups excluding carboxylic acids is 2. The summed E-state index contributed by atoms with van der Waals surface area (Å²) in [4.78, 5) is 24.3. The molecule has 2 amide bonds. The topological polar surface area (TPSA) is 46.6 Å². The molecule has 0 N–H and O–H groups in total. The molecule has 106 valence electrons. The first kappa shape index (κ1) is 14.5. The number of nitrogens with zero attached hydrogens (tertiary/aromatic N) is 1. The van der Waals surface area contributed by atoms with Crippen LogP contribution in [0.3, 0.4) is 0 Å². The predicted octanol–water partition coefficient (Wildman–Crippen LogP) is 2.65. The minimum absolute atomic E-state index is 0.290. The summed E-state index contributed by atoms with van der Waals surface area (Å²) in [6, 6.07) is 7.48. The summed E-state index contributed by atoms with van der Waals surface area (Å²) in [7, 11) is 0. The van der Waals surface area contributed by atoms with Gasteiger partial charge in [-0.1, -0.05) is 26.0 Å². The molecule has 4 heteroatoms. The highest BCUT2D eigenvalue weighted by atomic mass is 16.5. The molecule has 1 aliphatic heterocycles. The number of hydrogen-bond donors (Lipinski definition) is 0. The lowest BCUT2D eigenvalue weighted by molar-refractivity contribution is -0.119. The molecule has 0 fully saturated rings. The first-order valence-electron chi connectivity index (χ1n) is 6.87. The van der Waals surface area contributed by atoms with Crippen LogP contribution in [0.1, 0.15) is 31.7 Å². The van der Waals surface area contributed by atoms with Gasteiger partial charge in [-0.25, -0.2) is 4.90 Å². The standard InChI is InChI=1S/C16H19NO3/c1-3-10-20-11-12(2)13-4-6-14(7-5-13)17-15(18)8-9-16(17)19/h4-9,12H,3,10-11H2,1-2H3. The molecule has 0 aromatic heterocycles. The molecule has 20 heavy (non-hydrogen) atoms. The summed E-state index contributed by atoms with van der Waals surface area (Å²) in [6.07, 6.45) is 3.59. The van der Waals surface area contributed by atoms with Gasteiger partial charge in [-0.15, -0.1) is 0 Å². The second-order valence-electron chi connectivity index (χ2n) is 4.91. The van der Waals surface area contributed by atoms with Crippen LogP contribution in [-0.4, -0.2) is 25.0 Å². The lowest BCUT2D eigenvalue weighted by Crippen LogP contribution is -2.29. The molecule has 1 atom stereocenters. The molecule has 0 saturated heterocycles. The molecule has 1 aromatic carbocycles. The van der Waals surface area contributed by atoms with E-state index in [1.54, 1.807) is 12.1 Å². The zero-order valence-corrected chi connectivity index (χ0v) is 11.8. The van der Waals surface area contributed by atoms with E-state index in [9.17, 15) is 9.59 Å². The molecule has 1 unspecified atom stereocenters. The second-order valence-corrected chi connectivity index (χ2v) is 4.91. The van der Waals surface area contributed by atoms with Crippen LogP contribution >= 0.6 is 0 Å². The minimum atomic E-state index is -0.290. The first-order chi connectivity index (χ1) is 9.63. The lowest BCUT2D eigenvalue weighted by atomic mass is 10.0. The van der Waals surface area contributed by atoms with Crippen molar-refractivity contribution in [1.29, 1.82) is 0 Å². The van der Waals surface area contributed by atoms with Crippen molar-refractivity contribution in [2.45, 2.75) is 26.2 Å². The van der Waals surface area contributed by atoms with Crippen molar-refractivity contribution in [3.8, 4) is 0 Å². The number of amides is 2. The number of imide groups is 1. The Bertz CT molecular complexity index is 501. The van der Waals surface area contributed by atoms with Crippen LogP contribution in [0.4, 0.5) is 5.69 Å². The van der Waals surface area contributed by atoms with Gasteiger partial charge in [0, 0.05) is 24.7 Å². The molecule has 4 nitrogen and oxygen atoms in total. The van der Waals surface area contributed by atoms with E-state index in [4.69, 9.17) is 4.74 Å². The number of rotatable bonds is 6. The third-order valence-electron chi connectivity index (χ3n) is 3.25. The van der Waals surface area contributed by atoms with E-state index in [0.717, 1.165) is 18.6 Å². The molecule has 0 spiro atoms. The average Bonchev–Trinajstić information content (AvgIpc) is 2.78. The molecular formula is C16H19NO3. The Hall–Kier alpha value is -1.94. The number of carbonyl (C=O) groups is 2. The van der Waals surface area contributed by atoms with Crippen molar-refractivity contribution in [3.63, 3.8) is 0 Å². The first-order valence-corrected chi connectivity index (χ1v) is 6.87. The fourth-order valence-corrected chi connectivity index (χ4v) is 2.11. The molecule has 0 saturated carbocycles. The number of ether oxygens (including phenoxy) is 1. The largest absolute Gasteiger partial charge is 0.381 e. The summed E-state index contributed by atoms with van der Waals surface area (Å²) in [5.74, 6) is -0.289. The smallest absolute Gasteiger partial charge is 0.258 e. The second kappa shape index (κ2) is 6.48. The van der Waals surface area contributed by atoms with E-state index in [1.807, 2.05) is 12.1 Å². The van der Waals surface area contributed by atoms with Gasteiger partial charge in [-0.2, -0.15) is 0 Å². The molecule has 1 aliphatic rings. The SMILES string of the molecule is CCCOCC(C)c1ccc(N2C(=O)C=CC2=O)cc1. The Morgan fingerprint density at radius 3 is 2.25 bits per heavy atom. The summed E-state index contributed by atoms with van der Waals surface area (Å²) >= 11 is 0. The van der Waals surface area contributed by atoms with Crippen molar-refractivity contribution in [2.24, 2.45) is 0 Å². The Morgan fingerprint density at radius 1 is 1.10 bits per heavy atom.